The van der Waals surface area contributed by atoms with Gasteiger partial charge in [0, 0.05) is 9.13 Å². The van der Waals surface area contributed by atoms with Crippen molar-refractivity contribution in [3.05, 3.63) is 98.0 Å². The number of hydrogen-bond acceptors (Lipinski definition) is 5. The SMILES string of the molecule is CCOc1cc(/C=C2\N=C(c3ccc(I)c(C)c3)OC2=O)ccc1OCc1ccc(F)cc1. The fourth-order valence-corrected chi connectivity index (χ4v) is 3.55. The van der Waals surface area contributed by atoms with E-state index in [1.54, 1.807) is 30.3 Å². The third kappa shape index (κ3) is 5.60. The maximum Gasteiger partial charge on any atom is 0.363 e. The Morgan fingerprint density at radius 2 is 1.82 bits per heavy atom. The number of halogens is 2. The molecule has 0 aromatic heterocycles. The van der Waals surface area contributed by atoms with Crippen molar-refractivity contribution in [2.45, 2.75) is 20.5 Å². The van der Waals surface area contributed by atoms with Gasteiger partial charge in [-0.2, -0.15) is 0 Å². The first-order valence-corrected chi connectivity index (χ1v) is 11.4. The summed E-state index contributed by atoms with van der Waals surface area (Å²) < 4.78 is 31.2. The second-order valence-electron chi connectivity index (χ2n) is 7.35. The van der Waals surface area contributed by atoms with Crippen molar-refractivity contribution in [1.29, 1.82) is 0 Å². The summed E-state index contributed by atoms with van der Waals surface area (Å²) in [4.78, 5) is 16.8. The molecule has 33 heavy (non-hydrogen) atoms. The zero-order valence-corrected chi connectivity index (χ0v) is 20.3. The molecular formula is C26H21FINO4. The van der Waals surface area contributed by atoms with E-state index < -0.39 is 5.97 Å². The third-order valence-corrected chi connectivity index (χ3v) is 6.11. The molecule has 0 fully saturated rings. The van der Waals surface area contributed by atoms with E-state index >= 15 is 0 Å². The van der Waals surface area contributed by atoms with Crippen LogP contribution in [0.25, 0.3) is 6.08 Å². The van der Waals surface area contributed by atoms with Crippen LogP contribution in [-0.2, 0) is 16.1 Å². The first kappa shape index (κ1) is 23.0. The number of carbonyl (C=O) groups excluding carboxylic acids is 1. The molecule has 0 atom stereocenters. The Morgan fingerprint density at radius 3 is 2.55 bits per heavy atom. The summed E-state index contributed by atoms with van der Waals surface area (Å²) in [6.07, 6.45) is 1.65. The highest BCUT2D eigenvalue weighted by Crippen LogP contribution is 2.31. The fraction of sp³-hybridized carbons (Fsp3) is 0.154. The molecule has 1 heterocycles. The van der Waals surface area contributed by atoms with E-state index in [1.165, 1.54) is 12.1 Å². The van der Waals surface area contributed by atoms with Crippen molar-refractivity contribution in [3.8, 4) is 11.5 Å². The minimum Gasteiger partial charge on any atom is -0.490 e. The molecule has 3 aromatic carbocycles. The largest absolute Gasteiger partial charge is 0.490 e. The van der Waals surface area contributed by atoms with E-state index in [9.17, 15) is 9.18 Å². The second kappa shape index (κ2) is 10.2. The standard InChI is InChI=1S/C26H21FINO4/c1-3-31-24-14-18(6-11-23(24)32-15-17-4-8-20(27)9-5-17)13-22-26(30)33-25(29-22)19-7-10-21(28)16(2)12-19/h4-14H,3,15H2,1-2H3/b22-13-. The van der Waals surface area contributed by atoms with Crippen LogP contribution in [-0.4, -0.2) is 18.5 Å². The van der Waals surface area contributed by atoms with Crippen molar-refractivity contribution in [2.75, 3.05) is 6.61 Å². The van der Waals surface area contributed by atoms with Gasteiger partial charge in [0.2, 0.25) is 5.90 Å². The minimum atomic E-state index is -0.504. The molecule has 5 nitrogen and oxygen atoms in total. The van der Waals surface area contributed by atoms with E-state index in [0.29, 0.717) is 18.1 Å². The van der Waals surface area contributed by atoms with Crippen molar-refractivity contribution < 1.29 is 23.4 Å². The molecule has 3 aromatic rings. The van der Waals surface area contributed by atoms with Crippen molar-refractivity contribution in [3.63, 3.8) is 0 Å². The highest BCUT2D eigenvalue weighted by molar-refractivity contribution is 14.1. The Balaban J connectivity index is 1.56. The molecule has 0 unspecified atom stereocenters. The van der Waals surface area contributed by atoms with E-state index in [1.807, 2.05) is 38.1 Å². The van der Waals surface area contributed by atoms with Crippen LogP contribution in [0.3, 0.4) is 0 Å². The Hall–Kier alpha value is -3.20. The predicted molar refractivity (Wildman–Crippen MR) is 133 cm³/mol. The first-order valence-electron chi connectivity index (χ1n) is 10.4. The molecule has 0 bridgehead atoms. The fourth-order valence-electron chi connectivity index (χ4n) is 3.21. The third-order valence-electron chi connectivity index (χ3n) is 4.90. The number of aliphatic imine (C=N–C) groups is 1. The molecule has 0 saturated carbocycles. The smallest absolute Gasteiger partial charge is 0.363 e. The molecule has 0 spiro atoms. The van der Waals surface area contributed by atoms with Crippen LogP contribution in [0.5, 0.6) is 11.5 Å². The molecule has 7 heteroatoms. The molecule has 4 rings (SSSR count). The maximum absolute atomic E-state index is 13.1. The number of aryl methyl sites for hydroxylation is 1. The number of rotatable bonds is 7. The Labute approximate surface area is 205 Å². The van der Waals surface area contributed by atoms with Gasteiger partial charge < -0.3 is 14.2 Å². The molecule has 168 valence electrons. The topological polar surface area (TPSA) is 57.1 Å². The van der Waals surface area contributed by atoms with Crippen molar-refractivity contribution >= 4 is 40.5 Å². The van der Waals surface area contributed by atoms with Crippen LogP contribution in [0.2, 0.25) is 0 Å². The van der Waals surface area contributed by atoms with Gasteiger partial charge in [-0.1, -0.05) is 18.2 Å². The Morgan fingerprint density at radius 1 is 1.03 bits per heavy atom. The molecule has 0 saturated heterocycles. The van der Waals surface area contributed by atoms with E-state index in [-0.39, 0.29) is 24.0 Å². The lowest BCUT2D eigenvalue weighted by Crippen LogP contribution is -2.05. The normalized spacial score (nSPS) is 14.2. The minimum absolute atomic E-state index is 0.212. The molecule has 0 aliphatic carbocycles. The number of nitrogens with zero attached hydrogens (tertiary/aromatic N) is 1. The predicted octanol–water partition coefficient (Wildman–Crippen LogP) is 6.06. The molecule has 1 aliphatic heterocycles. The highest BCUT2D eigenvalue weighted by atomic mass is 127. The van der Waals surface area contributed by atoms with Gasteiger partial charge in [-0.15, -0.1) is 0 Å². The summed E-state index contributed by atoms with van der Waals surface area (Å²) in [5.74, 6) is 0.582. The summed E-state index contributed by atoms with van der Waals surface area (Å²) in [7, 11) is 0. The van der Waals surface area contributed by atoms with E-state index in [0.717, 1.165) is 25.8 Å². The molecule has 0 radical (unpaired) electrons. The van der Waals surface area contributed by atoms with Crippen LogP contribution in [0.1, 0.15) is 29.2 Å². The molecule has 1 aliphatic rings. The highest BCUT2D eigenvalue weighted by Gasteiger charge is 2.24. The van der Waals surface area contributed by atoms with Crippen LogP contribution in [0.15, 0.2) is 71.4 Å². The van der Waals surface area contributed by atoms with Gasteiger partial charge in [-0.05, 0) is 102 Å². The summed E-state index contributed by atoms with van der Waals surface area (Å²) in [5.41, 5.74) is 3.62. The first-order chi connectivity index (χ1) is 15.9. The average molecular weight is 557 g/mol. The van der Waals surface area contributed by atoms with Gasteiger partial charge in [0.25, 0.3) is 0 Å². The number of carbonyl (C=O) groups is 1. The Kier molecular flexibility index (Phi) is 7.08. The van der Waals surface area contributed by atoms with Crippen LogP contribution in [0, 0.1) is 16.3 Å². The van der Waals surface area contributed by atoms with Gasteiger partial charge in [0.05, 0.1) is 6.61 Å². The second-order valence-corrected chi connectivity index (χ2v) is 8.52. The monoisotopic (exact) mass is 557 g/mol. The average Bonchev–Trinajstić information content (AvgIpc) is 3.16. The summed E-state index contributed by atoms with van der Waals surface area (Å²) in [6, 6.07) is 17.3. The number of cyclic esters (lactones) is 1. The van der Waals surface area contributed by atoms with E-state index in [4.69, 9.17) is 14.2 Å². The van der Waals surface area contributed by atoms with Gasteiger partial charge in [-0.25, -0.2) is 14.2 Å². The number of esters is 1. The van der Waals surface area contributed by atoms with Crippen LogP contribution >= 0.6 is 22.6 Å². The number of ether oxygens (including phenoxy) is 3. The lowest BCUT2D eigenvalue weighted by Gasteiger charge is -2.13. The zero-order chi connectivity index (χ0) is 23.4. The summed E-state index contributed by atoms with van der Waals surface area (Å²) in [5, 5.41) is 0. The number of benzene rings is 3. The Bertz CT molecular complexity index is 1250. The van der Waals surface area contributed by atoms with E-state index in [2.05, 4.69) is 27.6 Å². The molecule has 0 amide bonds. The van der Waals surface area contributed by atoms with Gasteiger partial charge in [-0.3, -0.25) is 0 Å². The lowest BCUT2D eigenvalue weighted by atomic mass is 10.1. The molecular weight excluding hydrogens is 536 g/mol. The summed E-state index contributed by atoms with van der Waals surface area (Å²) >= 11 is 2.25. The van der Waals surface area contributed by atoms with Crippen LogP contribution in [0.4, 0.5) is 4.39 Å². The van der Waals surface area contributed by atoms with Gasteiger partial charge in [0.15, 0.2) is 17.2 Å². The number of hydrogen-bond donors (Lipinski definition) is 0. The van der Waals surface area contributed by atoms with Gasteiger partial charge >= 0.3 is 5.97 Å². The molecule has 0 N–H and O–H groups in total. The lowest BCUT2D eigenvalue weighted by molar-refractivity contribution is -0.129. The summed E-state index contributed by atoms with van der Waals surface area (Å²) in [6.45, 7) is 4.59. The quantitative estimate of drug-likeness (QED) is 0.201. The van der Waals surface area contributed by atoms with Crippen molar-refractivity contribution in [1.82, 2.24) is 0 Å². The van der Waals surface area contributed by atoms with Crippen LogP contribution < -0.4 is 9.47 Å². The van der Waals surface area contributed by atoms with Gasteiger partial charge in [0.1, 0.15) is 12.4 Å². The zero-order valence-electron chi connectivity index (χ0n) is 18.1. The van der Waals surface area contributed by atoms with Crippen molar-refractivity contribution in [2.24, 2.45) is 4.99 Å². The maximum atomic E-state index is 13.1.